The molecule has 0 amide bonds. The van der Waals surface area contributed by atoms with Gasteiger partial charge in [0.2, 0.25) is 0 Å². The van der Waals surface area contributed by atoms with E-state index in [-0.39, 0.29) is 19.0 Å². The van der Waals surface area contributed by atoms with Crippen LogP contribution in [0, 0.1) is 0 Å². The molecule has 1 aromatic carbocycles. The Kier molecular flexibility index (Phi) is 5.03. The first kappa shape index (κ1) is 17.1. The molecule has 1 aromatic heterocycles. The van der Waals surface area contributed by atoms with Crippen LogP contribution in [0.25, 0.3) is 0 Å². The molecule has 24 heavy (non-hydrogen) atoms. The molecule has 0 fully saturated rings. The van der Waals surface area contributed by atoms with Gasteiger partial charge in [-0.3, -0.25) is 4.79 Å². The second kappa shape index (κ2) is 7.04. The minimum Gasteiger partial charge on any atom is -0.466 e. The standard InChI is InChI=1S/C17H19NO4S2/c1-2-22-16(19)12-15-14-7-4-3-6-13(14)9-10-18(15)24(20,21)17-8-5-11-23-17/h3-8,11,15H,2,9-10,12H2,1H3/t15-/m1/s1. The van der Waals surface area contributed by atoms with Crippen molar-refractivity contribution in [1.29, 1.82) is 0 Å². The summed E-state index contributed by atoms with van der Waals surface area (Å²) in [6.45, 7) is 2.39. The lowest BCUT2D eigenvalue weighted by atomic mass is 9.92. The van der Waals surface area contributed by atoms with E-state index in [2.05, 4.69) is 0 Å². The first-order chi connectivity index (χ1) is 11.5. The third-order valence-corrected chi connectivity index (χ3v) is 7.37. The molecule has 1 aliphatic rings. The normalized spacial score (nSPS) is 18.1. The molecule has 0 saturated carbocycles. The molecular formula is C17H19NO4S2. The van der Waals surface area contributed by atoms with E-state index in [1.54, 1.807) is 24.4 Å². The second-order valence-electron chi connectivity index (χ2n) is 5.52. The highest BCUT2D eigenvalue weighted by atomic mass is 32.2. The number of hydrogen-bond donors (Lipinski definition) is 0. The van der Waals surface area contributed by atoms with Crippen LogP contribution in [-0.4, -0.2) is 31.8 Å². The number of nitrogens with zero attached hydrogens (tertiary/aromatic N) is 1. The van der Waals surface area contributed by atoms with Crippen LogP contribution in [0.15, 0.2) is 46.0 Å². The van der Waals surface area contributed by atoms with E-state index < -0.39 is 16.1 Å². The lowest BCUT2D eigenvalue weighted by Crippen LogP contribution is -2.40. The highest BCUT2D eigenvalue weighted by Crippen LogP contribution is 2.37. The van der Waals surface area contributed by atoms with Gasteiger partial charge in [-0.2, -0.15) is 4.31 Å². The van der Waals surface area contributed by atoms with Gasteiger partial charge in [-0.25, -0.2) is 8.42 Å². The second-order valence-corrected chi connectivity index (χ2v) is 8.59. The zero-order valence-electron chi connectivity index (χ0n) is 13.3. The number of carbonyl (C=O) groups is 1. The van der Waals surface area contributed by atoms with E-state index in [0.29, 0.717) is 17.2 Å². The van der Waals surface area contributed by atoms with Crippen LogP contribution in [0.2, 0.25) is 0 Å². The van der Waals surface area contributed by atoms with Gasteiger partial charge in [0.1, 0.15) is 4.21 Å². The number of ether oxygens (including phenoxy) is 1. The zero-order valence-corrected chi connectivity index (χ0v) is 15.0. The summed E-state index contributed by atoms with van der Waals surface area (Å²) < 4.78 is 32.8. The summed E-state index contributed by atoms with van der Waals surface area (Å²) in [5, 5.41) is 1.74. The van der Waals surface area contributed by atoms with Crippen LogP contribution in [-0.2, 0) is 26.0 Å². The van der Waals surface area contributed by atoms with Gasteiger partial charge in [0.15, 0.2) is 0 Å². The molecule has 128 valence electrons. The van der Waals surface area contributed by atoms with Crippen molar-refractivity contribution in [2.75, 3.05) is 13.2 Å². The Morgan fingerprint density at radius 1 is 1.29 bits per heavy atom. The molecule has 1 aliphatic heterocycles. The van der Waals surface area contributed by atoms with Crippen molar-refractivity contribution in [3.8, 4) is 0 Å². The smallest absolute Gasteiger partial charge is 0.307 e. The summed E-state index contributed by atoms with van der Waals surface area (Å²) in [5.41, 5.74) is 1.97. The van der Waals surface area contributed by atoms with Crippen LogP contribution in [0.5, 0.6) is 0 Å². The predicted octanol–water partition coefficient (Wildman–Crippen LogP) is 2.99. The number of fused-ring (bicyclic) bond motifs is 1. The maximum absolute atomic E-state index is 13.0. The average molecular weight is 365 g/mol. The summed E-state index contributed by atoms with van der Waals surface area (Å²) in [5.74, 6) is -0.384. The Morgan fingerprint density at radius 3 is 2.79 bits per heavy atom. The van der Waals surface area contributed by atoms with Crippen LogP contribution in [0.1, 0.15) is 30.5 Å². The number of rotatable bonds is 5. The van der Waals surface area contributed by atoms with Crippen LogP contribution >= 0.6 is 11.3 Å². The topological polar surface area (TPSA) is 63.7 Å². The summed E-state index contributed by atoms with van der Waals surface area (Å²) in [6.07, 6.45) is 0.662. The summed E-state index contributed by atoms with van der Waals surface area (Å²) in [6, 6.07) is 10.5. The Labute approximate surface area is 145 Å². The lowest BCUT2D eigenvalue weighted by molar-refractivity contribution is -0.144. The zero-order chi connectivity index (χ0) is 17.2. The fraction of sp³-hybridized carbons (Fsp3) is 0.353. The Bertz CT molecular complexity index is 815. The highest BCUT2D eigenvalue weighted by Gasteiger charge is 2.38. The molecule has 0 radical (unpaired) electrons. The van der Waals surface area contributed by atoms with Crippen LogP contribution < -0.4 is 0 Å². The first-order valence-electron chi connectivity index (χ1n) is 7.83. The number of hydrogen-bond acceptors (Lipinski definition) is 5. The predicted molar refractivity (Wildman–Crippen MR) is 92.3 cm³/mol. The Balaban J connectivity index is 2.00. The molecule has 3 rings (SSSR count). The van der Waals surface area contributed by atoms with E-state index in [4.69, 9.17) is 4.74 Å². The Morgan fingerprint density at radius 2 is 2.08 bits per heavy atom. The molecule has 0 saturated heterocycles. The van der Waals surface area contributed by atoms with E-state index in [0.717, 1.165) is 11.1 Å². The van der Waals surface area contributed by atoms with Crippen molar-refractivity contribution >= 4 is 27.3 Å². The number of sulfonamides is 1. The molecular weight excluding hydrogens is 346 g/mol. The molecule has 0 spiro atoms. The van der Waals surface area contributed by atoms with Gasteiger partial charge in [-0.1, -0.05) is 30.3 Å². The van der Waals surface area contributed by atoms with Crippen molar-refractivity contribution in [2.24, 2.45) is 0 Å². The number of esters is 1. The maximum Gasteiger partial charge on any atom is 0.307 e. The van der Waals surface area contributed by atoms with Crippen LogP contribution in [0.3, 0.4) is 0 Å². The van der Waals surface area contributed by atoms with Gasteiger partial charge in [0.05, 0.1) is 19.1 Å². The molecule has 0 unspecified atom stereocenters. The molecule has 5 nitrogen and oxygen atoms in total. The van der Waals surface area contributed by atoms with Crippen molar-refractivity contribution < 1.29 is 17.9 Å². The summed E-state index contributed by atoms with van der Waals surface area (Å²) in [4.78, 5) is 12.0. The molecule has 0 aliphatic carbocycles. The quantitative estimate of drug-likeness (QED) is 0.764. The lowest BCUT2D eigenvalue weighted by Gasteiger charge is -2.35. The van der Waals surface area contributed by atoms with E-state index in [1.807, 2.05) is 24.3 Å². The van der Waals surface area contributed by atoms with Crippen molar-refractivity contribution in [3.05, 3.63) is 52.9 Å². The summed E-state index contributed by atoms with van der Waals surface area (Å²) >= 11 is 1.19. The van der Waals surface area contributed by atoms with Gasteiger partial charge in [0, 0.05) is 6.54 Å². The van der Waals surface area contributed by atoms with Gasteiger partial charge >= 0.3 is 5.97 Å². The fourth-order valence-corrected chi connectivity index (χ4v) is 5.76. The largest absolute Gasteiger partial charge is 0.466 e. The van der Waals surface area contributed by atoms with Gasteiger partial charge < -0.3 is 4.74 Å². The molecule has 0 N–H and O–H groups in total. The molecule has 1 atom stereocenters. The van der Waals surface area contributed by atoms with Crippen LogP contribution in [0.4, 0.5) is 0 Å². The first-order valence-corrected chi connectivity index (χ1v) is 10.1. The van der Waals surface area contributed by atoms with Crippen molar-refractivity contribution in [1.82, 2.24) is 4.31 Å². The molecule has 2 aromatic rings. The third kappa shape index (κ3) is 3.24. The molecule has 2 heterocycles. The number of carbonyl (C=O) groups excluding carboxylic acids is 1. The minimum absolute atomic E-state index is 0.0233. The Hall–Kier alpha value is -1.70. The average Bonchev–Trinajstić information content (AvgIpc) is 3.10. The van der Waals surface area contributed by atoms with E-state index >= 15 is 0 Å². The maximum atomic E-state index is 13.0. The van der Waals surface area contributed by atoms with E-state index in [1.165, 1.54) is 15.6 Å². The van der Waals surface area contributed by atoms with Crippen molar-refractivity contribution in [3.63, 3.8) is 0 Å². The fourth-order valence-electron chi connectivity index (χ4n) is 3.03. The number of benzene rings is 1. The number of thiophene rings is 1. The van der Waals surface area contributed by atoms with Crippen molar-refractivity contribution in [2.45, 2.75) is 30.0 Å². The monoisotopic (exact) mass is 365 g/mol. The minimum atomic E-state index is -3.63. The highest BCUT2D eigenvalue weighted by molar-refractivity contribution is 7.91. The summed E-state index contributed by atoms with van der Waals surface area (Å²) in [7, 11) is -3.63. The van der Waals surface area contributed by atoms with E-state index in [9.17, 15) is 13.2 Å². The molecule has 0 bridgehead atoms. The van der Waals surface area contributed by atoms with Gasteiger partial charge in [-0.15, -0.1) is 11.3 Å². The third-order valence-electron chi connectivity index (χ3n) is 4.09. The van der Waals surface area contributed by atoms with Gasteiger partial charge in [-0.05, 0) is 35.9 Å². The SMILES string of the molecule is CCOC(=O)C[C@@H]1c2ccccc2CCN1S(=O)(=O)c1cccs1. The van der Waals surface area contributed by atoms with Gasteiger partial charge in [0.25, 0.3) is 10.0 Å². The molecule has 7 heteroatoms.